The van der Waals surface area contributed by atoms with Crippen LogP contribution >= 0.6 is 0 Å². The molecule has 158 valence electrons. The maximum Gasteiger partial charge on any atom is 0.256 e. The maximum absolute atomic E-state index is 13.6. The van der Waals surface area contributed by atoms with Crippen molar-refractivity contribution < 1.29 is 23.9 Å². The van der Waals surface area contributed by atoms with Gasteiger partial charge in [0, 0.05) is 34.6 Å². The van der Waals surface area contributed by atoms with E-state index in [1.54, 1.807) is 19.9 Å². The Morgan fingerprint density at radius 1 is 1.30 bits per heavy atom. The van der Waals surface area contributed by atoms with Crippen LogP contribution in [0.5, 0.6) is 0 Å². The molecule has 0 saturated heterocycles. The number of H-pyrrole nitrogens is 1. The summed E-state index contributed by atoms with van der Waals surface area (Å²) in [7, 11) is 0. The van der Waals surface area contributed by atoms with Gasteiger partial charge in [0.25, 0.3) is 5.91 Å². The van der Waals surface area contributed by atoms with Crippen molar-refractivity contribution >= 4 is 34.9 Å². The number of Topliss-reactive ketones (excluding diaryl/α,β-unsaturated/α-hetero) is 1. The minimum absolute atomic E-state index is 0.0977. The number of nitrogens with two attached hydrogens (primary N) is 1. The molecule has 5 N–H and O–H groups in total. The Morgan fingerprint density at radius 2 is 2.03 bits per heavy atom. The maximum atomic E-state index is 13.6. The van der Waals surface area contributed by atoms with Crippen molar-refractivity contribution in [3.05, 3.63) is 52.1 Å². The van der Waals surface area contributed by atoms with Gasteiger partial charge in [0.2, 0.25) is 5.91 Å². The summed E-state index contributed by atoms with van der Waals surface area (Å²) >= 11 is 0. The number of hydrogen-bond acceptors (Lipinski definition) is 4. The Bertz CT molecular complexity index is 1050. The normalized spacial score (nSPS) is 15.2. The number of aliphatic hydroxyl groups is 1. The molecule has 0 bridgehead atoms. The highest BCUT2D eigenvalue weighted by molar-refractivity contribution is 6.34. The van der Waals surface area contributed by atoms with Crippen LogP contribution < -0.4 is 11.1 Å². The number of rotatable bonds is 8. The number of halogens is 1. The van der Waals surface area contributed by atoms with Crippen molar-refractivity contribution in [1.82, 2.24) is 4.98 Å². The summed E-state index contributed by atoms with van der Waals surface area (Å²) in [6.07, 6.45) is 1.57. The lowest BCUT2D eigenvalue weighted by molar-refractivity contribution is -0.120. The molecule has 0 saturated carbocycles. The van der Waals surface area contributed by atoms with Gasteiger partial charge in [0.15, 0.2) is 5.78 Å². The second-order valence-electron chi connectivity index (χ2n) is 7.51. The molecule has 1 atom stereocenters. The zero-order valence-corrected chi connectivity index (χ0v) is 16.8. The number of fused-ring (bicyclic) bond motifs is 1. The monoisotopic (exact) mass is 413 g/mol. The molecule has 1 aliphatic rings. The van der Waals surface area contributed by atoms with Crippen LogP contribution in [-0.4, -0.2) is 33.8 Å². The summed E-state index contributed by atoms with van der Waals surface area (Å²) in [6, 6.07) is 4.09. The Morgan fingerprint density at radius 3 is 2.73 bits per heavy atom. The van der Waals surface area contributed by atoms with Gasteiger partial charge in [0.05, 0.1) is 18.1 Å². The number of primary amides is 1. The van der Waals surface area contributed by atoms with Gasteiger partial charge in [-0.3, -0.25) is 14.4 Å². The smallest absolute Gasteiger partial charge is 0.256 e. The van der Waals surface area contributed by atoms with Gasteiger partial charge in [-0.05, 0) is 56.5 Å². The lowest BCUT2D eigenvalue weighted by atomic mass is 9.99. The predicted octanol–water partition coefficient (Wildman–Crippen LogP) is 2.85. The van der Waals surface area contributed by atoms with E-state index in [4.69, 9.17) is 5.73 Å². The number of nitrogens with one attached hydrogen (secondary N) is 2. The molecule has 2 aromatic rings. The molecule has 0 fully saturated rings. The molecular formula is C22H24FN3O4. The first-order valence-electron chi connectivity index (χ1n) is 9.69. The van der Waals surface area contributed by atoms with Gasteiger partial charge in [-0.1, -0.05) is 0 Å². The largest absolute Gasteiger partial charge is 0.393 e. The van der Waals surface area contributed by atoms with E-state index in [-0.39, 0.29) is 24.5 Å². The molecule has 1 aromatic heterocycles. The lowest BCUT2D eigenvalue weighted by Crippen LogP contribution is -2.20. The molecule has 0 radical (unpaired) electrons. The molecule has 3 rings (SSSR count). The van der Waals surface area contributed by atoms with E-state index in [1.165, 1.54) is 18.2 Å². The zero-order chi connectivity index (χ0) is 22.0. The average molecular weight is 413 g/mol. The second-order valence-corrected chi connectivity index (χ2v) is 7.51. The Balaban J connectivity index is 1.79. The van der Waals surface area contributed by atoms with Crippen molar-refractivity contribution in [3.63, 3.8) is 0 Å². The second kappa shape index (κ2) is 8.62. The third-order valence-corrected chi connectivity index (χ3v) is 5.19. The van der Waals surface area contributed by atoms with Crippen LogP contribution in [-0.2, 0) is 9.59 Å². The van der Waals surface area contributed by atoms with Crippen molar-refractivity contribution in [3.8, 4) is 0 Å². The van der Waals surface area contributed by atoms with Crippen molar-refractivity contribution in [1.29, 1.82) is 0 Å². The first-order chi connectivity index (χ1) is 14.2. The van der Waals surface area contributed by atoms with Gasteiger partial charge < -0.3 is 21.1 Å². The van der Waals surface area contributed by atoms with Crippen molar-refractivity contribution in [2.75, 3.05) is 5.32 Å². The number of aromatic amines is 1. The molecule has 0 aliphatic carbocycles. The number of aliphatic hydroxyl groups excluding tert-OH is 1. The summed E-state index contributed by atoms with van der Waals surface area (Å²) in [5, 5.41) is 12.4. The minimum Gasteiger partial charge on any atom is -0.393 e. The minimum atomic E-state index is -0.856. The molecule has 1 aliphatic heterocycles. The fourth-order valence-corrected chi connectivity index (χ4v) is 3.74. The Hall–Kier alpha value is -3.26. The molecule has 2 amide bonds. The SMILES string of the molecule is Cc1[nH]c(C=C2C(=O)Nc3ccc(F)cc32)c(C)c1C(=O)CCCC(O)CC(N)=O. The summed E-state index contributed by atoms with van der Waals surface area (Å²) < 4.78 is 13.6. The van der Waals surface area contributed by atoms with Gasteiger partial charge in [0.1, 0.15) is 5.82 Å². The Labute approximate surface area is 173 Å². The van der Waals surface area contributed by atoms with Crippen LogP contribution in [0.3, 0.4) is 0 Å². The van der Waals surface area contributed by atoms with Crippen LogP contribution in [0, 0.1) is 19.7 Å². The van der Waals surface area contributed by atoms with E-state index in [1.807, 2.05) is 0 Å². The van der Waals surface area contributed by atoms with Crippen LogP contribution in [0.1, 0.15) is 58.6 Å². The highest BCUT2D eigenvalue weighted by Crippen LogP contribution is 2.34. The van der Waals surface area contributed by atoms with Crippen molar-refractivity contribution in [2.24, 2.45) is 5.73 Å². The summed E-state index contributed by atoms with van der Waals surface area (Å²) in [4.78, 5) is 39.0. The molecule has 0 spiro atoms. The number of carbonyl (C=O) groups excluding carboxylic acids is 3. The third-order valence-electron chi connectivity index (χ3n) is 5.19. The van der Waals surface area contributed by atoms with E-state index in [2.05, 4.69) is 10.3 Å². The number of benzene rings is 1. The number of aryl methyl sites for hydroxylation is 1. The summed E-state index contributed by atoms with van der Waals surface area (Å²) in [5.41, 5.74) is 8.88. The number of hydrogen-bond donors (Lipinski definition) is 4. The van der Waals surface area contributed by atoms with E-state index in [0.29, 0.717) is 52.2 Å². The first-order valence-corrected chi connectivity index (χ1v) is 9.69. The van der Waals surface area contributed by atoms with Crippen LogP contribution in [0.2, 0.25) is 0 Å². The number of ketones is 1. The highest BCUT2D eigenvalue weighted by Gasteiger charge is 2.26. The molecule has 1 unspecified atom stereocenters. The average Bonchev–Trinajstić information content (AvgIpc) is 3.10. The van der Waals surface area contributed by atoms with Gasteiger partial charge >= 0.3 is 0 Å². The van der Waals surface area contributed by atoms with E-state index in [0.717, 1.165) is 0 Å². The fraction of sp³-hybridized carbons (Fsp3) is 0.318. The van der Waals surface area contributed by atoms with E-state index < -0.39 is 17.8 Å². The Kier molecular flexibility index (Phi) is 6.17. The molecule has 8 heteroatoms. The van der Waals surface area contributed by atoms with Crippen LogP contribution in [0.25, 0.3) is 11.6 Å². The van der Waals surface area contributed by atoms with Crippen LogP contribution in [0.15, 0.2) is 18.2 Å². The third kappa shape index (κ3) is 4.49. The molecular weight excluding hydrogens is 389 g/mol. The predicted molar refractivity (Wildman–Crippen MR) is 111 cm³/mol. The van der Waals surface area contributed by atoms with Crippen LogP contribution in [0.4, 0.5) is 10.1 Å². The number of aromatic nitrogens is 1. The number of anilines is 1. The van der Waals surface area contributed by atoms with Gasteiger partial charge in [-0.25, -0.2) is 4.39 Å². The van der Waals surface area contributed by atoms with Crippen molar-refractivity contribution in [2.45, 2.75) is 45.6 Å². The first kappa shape index (κ1) is 21.4. The highest BCUT2D eigenvalue weighted by atomic mass is 19.1. The summed E-state index contributed by atoms with van der Waals surface area (Å²) in [6.45, 7) is 3.55. The number of carbonyl (C=O) groups is 3. The van der Waals surface area contributed by atoms with E-state index in [9.17, 15) is 23.9 Å². The van der Waals surface area contributed by atoms with Gasteiger partial charge in [-0.15, -0.1) is 0 Å². The molecule has 1 aromatic carbocycles. The summed E-state index contributed by atoms with van der Waals surface area (Å²) in [5.74, 6) is -1.45. The zero-order valence-electron chi connectivity index (χ0n) is 16.8. The van der Waals surface area contributed by atoms with E-state index >= 15 is 0 Å². The van der Waals surface area contributed by atoms with Gasteiger partial charge in [-0.2, -0.15) is 0 Å². The molecule has 30 heavy (non-hydrogen) atoms. The standard InChI is InChI=1S/C22H24FN3O4/c1-11-18(10-16-15-8-13(23)6-7-17(15)26-22(16)30)25-12(2)21(11)19(28)5-3-4-14(27)9-20(24)29/h6-8,10,14,25,27H,3-5,9H2,1-2H3,(H2,24,29)(H,26,30). The molecule has 7 nitrogen and oxygen atoms in total. The quantitative estimate of drug-likeness (QED) is 0.392. The topological polar surface area (TPSA) is 125 Å². The molecule has 2 heterocycles. The number of amides is 2. The lowest BCUT2D eigenvalue weighted by Gasteiger charge is -2.08. The fourth-order valence-electron chi connectivity index (χ4n) is 3.74.